The molecule has 8 bridgehead atoms. The van der Waals surface area contributed by atoms with Crippen molar-refractivity contribution in [1.29, 1.82) is 0 Å². The summed E-state index contributed by atoms with van der Waals surface area (Å²) in [4.78, 5) is 0. The largest absolute Gasteiger partial charge is 0.369 e. The summed E-state index contributed by atoms with van der Waals surface area (Å²) in [6.07, 6.45) is 14.7. The van der Waals surface area contributed by atoms with E-state index in [0.29, 0.717) is 5.88 Å². The highest BCUT2D eigenvalue weighted by molar-refractivity contribution is 6.17. The normalized spacial score (nSPS) is 54.1. The van der Waals surface area contributed by atoms with Crippen LogP contribution in [0.2, 0.25) is 0 Å². The van der Waals surface area contributed by atoms with Crippen molar-refractivity contribution in [3.8, 4) is 0 Å². The molecule has 0 N–H and O–H groups in total. The Morgan fingerprint density at radius 1 is 0.750 bits per heavy atom. The van der Waals surface area contributed by atoms with Crippen molar-refractivity contribution in [3.05, 3.63) is 11.1 Å². The van der Waals surface area contributed by atoms with Crippen LogP contribution in [-0.2, 0) is 4.74 Å². The van der Waals surface area contributed by atoms with Crippen LogP contribution >= 0.6 is 11.6 Å². The second-order valence-electron chi connectivity index (χ2n) is 10.2. The Bertz CT molecular complexity index is 535. The van der Waals surface area contributed by atoms with Crippen molar-refractivity contribution in [2.24, 2.45) is 41.4 Å². The molecule has 8 aliphatic rings. The Kier molecular flexibility index (Phi) is 3.30. The molecule has 1 nitrogen and oxygen atoms in total. The summed E-state index contributed by atoms with van der Waals surface area (Å²) in [5.74, 6) is 7.41. The van der Waals surface area contributed by atoms with Crippen LogP contribution in [0.15, 0.2) is 11.1 Å². The van der Waals surface area contributed by atoms with E-state index in [0.717, 1.165) is 48.0 Å². The lowest BCUT2D eigenvalue weighted by molar-refractivity contribution is -0.120. The van der Waals surface area contributed by atoms with Gasteiger partial charge in [-0.05, 0) is 111 Å². The number of halogens is 1. The first-order valence-electron chi connectivity index (χ1n) is 10.7. The SMILES string of the molecule is ClCCOC12CC3CC(CC(C3)C1=C1C3CC4CC(C3)CC1C4)C2. The molecule has 0 aromatic rings. The Hall–Kier alpha value is -0.0100. The summed E-state index contributed by atoms with van der Waals surface area (Å²) in [6, 6.07) is 0. The number of allylic oxidation sites excluding steroid dienone is 1. The van der Waals surface area contributed by atoms with Gasteiger partial charge in [0, 0.05) is 5.88 Å². The zero-order chi connectivity index (χ0) is 15.9. The molecule has 132 valence electrons. The molecule has 0 amide bonds. The van der Waals surface area contributed by atoms with Crippen molar-refractivity contribution in [3.63, 3.8) is 0 Å². The molecule has 8 aliphatic carbocycles. The molecular formula is C22H31ClO. The average molecular weight is 347 g/mol. The summed E-state index contributed by atoms with van der Waals surface area (Å²) in [5.41, 5.74) is 3.95. The molecule has 0 aromatic heterocycles. The van der Waals surface area contributed by atoms with Gasteiger partial charge in [0.2, 0.25) is 0 Å². The summed E-state index contributed by atoms with van der Waals surface area (Å²) in [5, 5.41) is 0. The quantitative estimate of drug-likeness (QED) is 0.479. The Morgan fingerprint density at radius 2 is 1.29 bits per heavy atom. The highest BCUT2D eigenvalue weighted by Gasteiger charge is 2.58. The van der Waals surface area contributed by atoms with Crippen LogP contribution in [-0.4, -0.2) is 18.1 Å². The zero-order valence-electron chi connectivity index (χ0n) is 14.8. The second kappa shape index (κ2) is 5.26. The molecule has 8 saturated carbocycles. The van der Waals surface area contributed by atoms with Crippen LogP contribution in [0.5, 0.6) is 0 Å². The highest BCUT2D eigenvalue weighted by atomic mass is 35.5. The van der Waals surface area contributed by atoms with Gasteiger partial charge in [-0.3, -0.25) is 0 Å². The van der Waals surface area contributed by atoms with Gasteiger partial charge in [-0.15, -0.1) is 11.6 Å². The maximum Gasteiger partial charge on any atom is 0.0902 e. The topological polar surface area (TPSA) is 9.23 Å². The van der Waals surface area contributed by atoms with Gasteiger partial charge in [0.25, 0.3) is 0 Å². The molecule has 2 heteroatoms. The van der Waals surface area contributed by atoms with Crippen LogP contribution in [0, 0.1) is 41.4 Å². The van der Waals surface area contributed by atoms with Gasteiger partial charge < -0.3 is 4.74 Å². The molecule has 0 spiro atoms. The van der Waals surface area contributed by atoms with E-state index in [1.165, 1.54) is 57.8 Å². The molecular weight excluding hydrogens is 316 g/mol. The van der Waals surface area contributed by atoms with E-state index in [9.17, 15) is 0 Å². The smallest absolute Gasteiger partial charge is 0.0902 e. The van der Waals surface area contributed by atoms with Crippen LogP contribution in [0.1, 0.15) is 64.2 Å². The predicted molar refractivity (Wildman–Crippen MR) is 97.0 cm³/mol. The van der Waals surface area contributed by atoms with Crippen molar-refractivity contribution in [2.75, 3.05) is 12.5 Å². The fraction of sp³-hybridized carbons (Fsp3) is 0.909. The van der Waals surface area contributed by atoms with E-state index >= 15 is 0 Å². The zero-order valence-corrected chi connectivity index (χ0v) is 15.6. The van der Waals surface area contributed by atoms with Crippen molar-refractivity contribution >= 4 is 11.6 Å². The second-order valence-corrected chi connectivity index (χ2v) is 10.6. The Morgan fingerprint density at radius 3 is 1.88 bits per heavy atom. The third-order valence-electron chi connectivity index (χ3n) is 8.82. The van der Waals surface area contributed by atoms with Gasteiger partial charge >= 0.3 is 0 Å². The maximum absolute atomic E-state index is 6.67. The minimum absolute atomic E-state index is 0.119. The van der Waals surface area contributed by atoms with Crippen LogP contribution < -0.4 is 0 Å². The first-order valence-corrected chi connectivity index (χ1v) is 11.2. The van der Waals surface area contributed by atoms with Crippen molar-refractivity contribution < 1.29 is 4.74 Å². The highest BCUT2D eigenvalue weighted by Crippen LogP contribution is 2.65. The molecule has 2 unspecified atom stereocenters. The van der Waals surface area contributed by atoms with Crippen molar-refractivity contribution in [2.45, 2.75) is 69.8 Å². The van der Waals surface area contributed by atoms with Gasteiger partial charge in [-0.2, -0.15) is 0 Å². The Balaban J connectivity index is 1.46. The predicted octanol–water partition coefficient (Wildman–Crippen LogP) is 5.57. The number of alkyl halides is 1. The lowest BCUT2D eigenvalue weighted by Crippen LogP contribution is -2.56. The number of rotatable bonds is 3. The molecule has 2 atom stereocenters. The summed E-state index contributed by atoms with van der Waals surface area (Å²) < 4.78 is 6.67. The van der Waals surface area contributed by atoms with E-state index in [-0.39, 0.29) is 5.60 Å². The number of hydrogen-bond acceptors (Lipinski definition) is 1. The standard InChI is InChI=1S/C22H31ClO/c23-1-2-24-22-11-15-4-16(12-22)10-19(9-15)21(22)20-17-5-13-3-14(7-17)8-18(20)6-13/h13-19H,1-12H2. The lowest BCUT2D eigenvalue weighted by Gasteiger charge is -2.61. The van der Waals surface area contributed by atoms with E-state index < -0.39 is 0 Å². The molecule has 0 heterocycles. The third-order valence-corrected chi connectivity index (χ3v) is 8.98. The van der Waals surface area contributed by atoms with Crippen LogP contribution in [0.4, 0.5) is 0 Å². The maximum atomic E-state index is 6.67. The third kappa shape index (κ3) is 2.04. The Labute approximate surface area is 151 Å². The first kappa shape index (κ1) is 15.1. The van der Waals surface area contributed by atoms with Gasteiger partial charge in [0.15, 0.2) is 0 Å². The molecule has 0 aliphatic heterocycles. The van der Waals surface area contributed by atoms with E-state index in [4.69, 9.17) is 16.3 Å². The minimum atomic E-state index is 0.119. The summed E-state index contributed by atoms with van der Waals surface area (Å²) in [6.45, 7) is 0.755. The van der Waals surface area contributed by atoms with Gasteiger partial charge in [0.1, 0.15) is 0 Å². The first-order chi connectivity index (χ1) is 11.7. The number of ether oxygens (including phenoxy) is 1. The van der Waals surface area contributed by atoms with Gasteiger partial charge in [0.05, 0.1) is 12.2 Å². The molecule has 24 heavy (non-hydrogen) atoms. The van der Waals surface area contributed by atoms with Gasteiger partial charge in [-0.1, -0.05) is 5.57 Å². The fourth-order valence-corrected chi connectivity index (χ4v) is 8.88. The van der Waals surface area contributed by atoms with Crippen molar-refractivity contribution in [1.82, 2.24) is 0 Å². The summed E-state index contributed by atoms with van der Waals surface area (Å²) >= 11 is 6.05. The monoisotopic (exact) mass is 346 g/mol. The van der Waals surface area contributed by atoms with Crippen LogP contribution in [0.25, 0.3) is 0 Å². The fourth-order valence-electron chi connectivity index (χ4n) is 8.80. The molecule has 0 aromatic carbocycles. The molecule has 0 saturated heterocycles. The van der Waals surface area contributed by atoms with Gasteiger partial charge in [-0.25, -0.2) is 0 Å². The summed E-state index contributed by atoms with van der Waals surface area (Å²) in [7, 11) is 0. The molecule has 8 fully saturated rings. The van der Waals surface area contributed by atoms with E-state index in [1.54, 1.807) is 6.42 Å². The number of hydrogen-bond donors (Lipinski definition) is 0. The van der Waals surface area contributed by atoms with E-state index in [1.807, 2.05) is 11.1 Å². The molecule has 8 rings (SSSR count). The van der Waals surface area contributed by atoms with E-state index in [2.05, 4.69) is 0 Å². The average Bonchev–Trinajstić information content (AvgIpc) is 2.53. The van der Waals surface area contributed by atoms with Crippen LogP contribution in [0.3, 0.4) is 0 Å². The molecule has 0 radical (unpaired) electrons. The minimum Gasteiger partial charge on any atom is -0.369 e. The lowest BCUT2D eigenvalue weighted by atomic mass is 9.46.